The summed E-state index contributed by atoms with van der Waals surface area (Å²) in [4.78, 5) is 25.0. The molecule has 5 heteroatoms. The van der Waals surface area contributed by atoms with E-state index in [-0.39, 0.29) is 18.4 Å². The number of nitrogens with zero attached hydrogens (tertiary/aromatic N) is 1. The number of hydrogen-bond acceptors (Lipinski definition) is 3. The minimum Gasteiger partial charge on any atom is -0.383 e. The summed E-state index contributed by atoms with van der Waals surface area (Å²) in [5.41, 5.74) is 1.22. The third-order valence-corrected chi connectivity index (χ3v) is 3.11. The Bertz CT molecular complexity index is 349. The first-order chi connectivity index (χ1) is 9.00. The zero-order valence-corrected chi connectivity index (χ0v) is 11.8. The van der Waals surface area contributed by atoms with Crippen molar-refractivity contribution in [2.75, 3.05) is 19.6 Å². The topological polar surface area (TPSA) is 69.6 Å². The summed E-state index contributed by atoms with van der Waals surface area (Å²) in [6.07, 6.45) is 4.07. The number of aliphatic hydroxyl groups excluding tert-OH is 1. The van der Waals surface area contributed by atoms with E-state index in [1.165, 1.54) is 10.5 Å². The number of aliphatic hydroxyl groups is 1. The highest BCUT2D eigenvalue weighted by atomic mass is 16.3. The molecule has 1 aliphatic heterocycles. The van der Waals surface area contributed by atoms with E-state index < -0.39 is 6.10 Å². The molecule has 0 saturated carbocycles. The van der Waals surface area contributed by atoms with E-state index in [1.807, 2.05) is 13.8 Å². The molecule has 5 nitrogen and oxygen atoms in total. The summed E-state index contributed by atoms with van der Waals surface area (Å²) in [7, 11) is 0. The minimum absolute atomic E-state index is 0.0463. The zero-order chi connectivity index (χ0) is 14.3. The van der Waals surface area contributed by atoms with Gasteiger partial charge in [0.25, 0.3) is 5.91 Å². The van der Waals surface area contributed by atoms with Crippen molar-refractivity contribution in [2.45, 2.75) is 45.6 Å². The Morgan fingerprint density at radius 3 is 2.89 bits per heavy atom. The van der Waals surface area contributed by atoms with Crippen molar-refractivity contribution in [3.63, 3.8) is 0 Å². The van der Waals surface area contributed by atoms with Crippen LogP contribution in [-0.4, -0.2) is 47.6 Å². The van der Waals surface area contributed by atoms with E-state index in [9.17, 15) is 14.7 Å². The van der Waals surface area contributed by atoms with Crippen LogP contribution in [0, 0.1) is 0 Å². The fraction of sp³-hybridized carbons (Fsp3) is 0.714. The maximum Gasteiger partial charge on any atom is 0.251 e. The summed E-state index contributed by atoms with van der Waals surface area (Å²) >= 11 is 0. The third kappa shape index (κ3) is 5.87. The van der Waals surface area contributed by atoms with Crippen LogP contribution in [0.2, 0.25) is 0 Å². The molecule has 0 aromatic carbocycles. The van der Waals surface area contributed by atoms with Crippen molar-refractivity contribution in [3.05, 3.63) is 11.6 Å². The average Bonchev–Trinajstić information content (AvgIpc) is 2.50. The first-order valence-corrected chi connectivity index (χ1v) is 6.87. The first-order valence-electron chi connectivity index (χ1n) is 6.87. The molecule has 0 radical (unpaired) electrons. The number of likely N-dealkylation sites (tertiary alicyclic amines) is 1. The Morgan fingerprint density at radius 1 is 1.47 bits per heavy atom. The Balaban J connectivity index is 2.34. The van der Waals surface area contributed by atoms with E-state index >= 15 is 0 Å². The third-order valence-electron chi connectivity index (χ3n) is 3.11. The van der Waals surface area contributed by atoms with Crippen LogP contribution in [0.25, 0.3) is 0 Å². The number of allylic oxidation sites excluding steroid dienone is 1. The number of carbonyl (C=O) groups is 2. The van der Waals surface area contributed by atoms with E-state index in [4.69, 9.17) is 0 Å². The standard InChI is InChI=1S/C14H24N2O3/c1-11(2)6-5-8-15-13(18)10-16-9-4-3-7-12(17)14(16)19/h6,12,17H,3-5,7-10H2,1-2H3,(H,15,18). The molecule has 1 rings (SSSR count). The molecule has 1 aliphatic rings. The molecule has 1 unspecified atom stereocenters. The number of hydrogen-bond donors (Lipinski definition) is 2. The van der Waals surface area contributed by atoms with Gasteiger partial charge in [-0.1, -0.05) is 11.6 Å². The number of rotatable bonds is 5. The minimum atomic E-state index is -0.944. The molecule has 1 atom stereocenters. The molecular weight excluding hydrogens is 244 g/mol. The van der Waals surface area contributed by atoms with Crippen LogP contribution in [-0.2, 0) is 9.59 Å². The summed E-state index contributed by atoms with van der Waals surface area (Å²) in [5.74, 6) is -0.485. The van der Waals surface area contributed by atoms with Gasteiger partial charge in [0, 0.05) is 13.1 Å². The van der Waals surface area contributed by atoms with Crippen molar-refractivity contribution in [3.8, 4) is 0 Å². The second kappa shape index (κ2) is 7.94. The Labute approximate surface area is 114 Å². The number of amides is 2. The van der Waals surface area contributed by atoms with Crippen LogP contribution >= 0.6 is 0 Å². The van der Waals surface area contributed by atoms with E-state index in [1.54, 1.807) is 0 Å². The van der Waals surface area contributed by atoms with Gasteiger partial charge in [-0.3, -0.25) is 9.59 Å². The van der Waals surface area contributed by atoms with Crippen LogP contribution in [0.1, 0.15) is 39.5 Å². The van der Waals surface area contributed by atoms with Gasteiger partial charge in [-0.2, -0.15) is 0 Å². The van der Waals surface area contributed by atoms with E-state index in [0.29, 0.717) is 19.5 Å². The molecule has 19 heavy (non-hydrogen) atoms. The Hall–Kier alpha value is -1.36. The molecule has 0 aliphatic carbocycles. The molecule has 2 amide bonds. The van der Waals surface area contributed by atoms with Crippen molar-refractivity contribution in [1.29, 1.82) is 0 Å². The molecule has 0 bridgehead atoms. The summed E-state index contributed by atoms with van der Waals surface area (Å²) in [6, 6.07) is 0. The zero-order valence-electron chi connectivity index (χ0n) is 11.8. The molecule has 1 heterocycles. The highest BCUT2D eigenvalue weighted by Crippen LogP contribution is 2.11. The second-order valence-electron chi connectivity index (χ2n) is 5.19. The van der Waals surface area contributed by atoms with Crippen LogP contribution in [0.3, 0.4) is 0 Å². The highest BCUT2D eigenvalue weighted by molar-refractivity contribution is 5.87. The summed E-state index contributed by atoms with van der Waals surface area (Å²) in [5, 5.41) is 12.4. The normalized spacial score (nSPS) is 19.8. The Kier molecular flexibility index (Phi) is 6.56. The molecule has 108 valence electrons. The van der Waals surface area contributed by atoms with Gasteiger partial charge in [0.15, 0.2) is 0 Å². The lowest BCUT2D eigenvalue weighted by Gasteiger charge is -2.21. The van der Waals surface area contributed by atoms with Crippen molar-refractivity contribution < 1.29 is 14.7 Å². The van der Waals surface area contributed by atoms with Crippen molar-refractivity contribution in [2.24, 2.45) is 0 Å². The van der Waals surface area contributed by atoms with Crippen LogP contribution in [0.5, 0.6) is 0 Å². The van der Waals surface area contributed by atoms with Gasteiger partial charge in [-0.25, -0.2) is 0 Å². The fourth-order valence-corrected chi connectivity index (χ4v) is 2.04. The summed E-state index contributed by atoms with van der Waals surface area (Å²) < 4.78 is 0. The van der Waals surface area contributed by atoms with Crippen LogP contribution in [0.4, 0.5) is 0 Å². The molecule has 1 saturated heterocycles. The van der Waals surface area contributed by atoms with Gasteiger partial charge in [0.1, 0.15) is 6.10 Å². The molecule has 2 N–H and O–H groups in total. The molecule has 1 fully saturated rings. The largest absolute Gasteiger partial charge is 0.383 e. The van der Waals surface area contributed by atoms with Crippen LogP contribution < -0.4 is 5.32 Å². The fourth-order valence-electron chi connectivity index (χ4n) is 2.04. The van der Waals surface area contributed by atoms with E-state index in [2.05, 4.69) is 11.4 Å². The molecule has 0 spiro atoms. The predicted molar refractivity (Wildman–Crippen MR) is 73.5 cm³/mol. The monoisotopic (exact) mass is 268 g/mol. The van der Waals surface area contributed by atoms with Crippen molar-refractivity contribution >= 4 is 11.8 Å². The number of nitrogens with one attached hydrogen (secondary N) is 1. The summed E-state index contributed by atoms with van der Waals surface area (Å²) in [6.45, 7) is 5.20. The Morgan fingerprint density at radius 2 is 2.21 bits per heavy atom. The van der Waals surface area contributed by atoms with Gasteiger partial charge < -0.3 is 15.3 Å². The van der Waals surface area contributed by atoms with Crippen molar-refractivity contribution in [1.82, 2.24) is 10.2 Å². The highest BCUT2D eigenvalue weighted by Gasteiger charge is 2.26. The SMILES string of the molecule is CC(C)=CCCNC(=O)CN1CCCCC(O)C1=O. The number of carbonyl (C=O) groups excluding carboxylic acids is 2. The smallest absolute Gasteiger partial charge is 0.251 e. The molecular formula is C14H24N2O3. The lowest BCUT2D eigenvalue weighted by Crippen LogP contribution is -2.44. The van der Waals surface area contributed by atoms with Gasteiger partial charge in [-0.15, -0.1) is 0 Å². The van der Waals surface area contributed by atoms with Gasteiger partial charge in [0.05, 0.1) is 6.54 Å². The predicted octanol–water partition coefficient (Wildman–Crippen LogP) is 0.832. The average molecular weight is 268 g/mol. The van der Waals surface area contributed by atoms with Gasteiger partial charge in [0.2, 0.25) is 5.91 Å². The maximum absolute atomic E-state index is 11.8. The lowest BCUT2D eigenvalue weighted by atomic mass is 10.2. The van der Waals surface area contributed by atoms with E-state index in [0.717, 1.165) is 19.3 Å². The molecule has 0 aromatic rings. The maximum atomic E-state index is 11.8. The quantitative estimate of drug-likeness (QED) is 0.573. The molecule has 0 aromatic heterocycles. The first kappa shape index (κ1) is 15.7. The second-order valence-corrected chi connectivity index (χ2v) is 5.19. The lowest BCUT2D eigenvalue weighted by molar-refractivity contribution is -0.142. The van der Waals surface area contributed by atoms with Crippen LogP contribution in [0.15, 0.2) is 11.6 Å². The van der Waals surface area contributed by atoms with Gasteiger partial charge in [-0.05, 0) is 39.5 Å². The van der Waals surface area contributed by atoms with Gasteiger partial charge >= 0.3 is 0 Å².